The van der Waals surface area contributed by atoms with Gasteiger partial charge >= 0.3 is 0 Å². The molecule has 1 aliphatic rings. The fourth-order valence-electron chi connectivity index (χ4n) is 2.63. The Balaban J connectivity index is 2.14. The zero-order valence-electron chi connectivity index (χ0n) is 12.1. The third kappa shape index (κ3) is 5.98. The van der Waals surface area contributed by atoms with Gasteiger partial charge in [-0.15, -0.1) is 6.58 Å². The second-order valence-electron chi connectivity index (χ2n) is 5.71. The van der Waals surface area contributed by atoms with E-state index >= 15 is 0 Å². The highest BCUT2D eigenvalue weighted by Gasteiger charge is 2.24. The summed E-state index contributed by atoms with van der Waals surface area (Å²) in [5.74, 6) is 0. The van der Waals surface area contributed by atoms with Crippen molar-refractivity contribution in [1.82, 2.24) is 9.80 Å². The summed E-state index contributed by atoms with van der Waals surface area (Å²) in [5.41, 5.74) is 0. The normalized spacial score (nSPS) is 24.1. The van der Waals surface area contributed by atoms with Gasteiger partial charge in [-0.2, -0.15) is 0 Å². The van der Waals surface area contributed by atoms with E-state index in [9.17, 15) is 5.11 Å². The monoisotopic (exact) mass is 254 g/mol. The molecule has 0 aromatic rings. The summed E-state index contributed by atoms with van der Waals surface area (Å²) in [7, 11) is 4.34. The Morgan fingerprint density at radius 3 is 2.78 bits per heavy atom. The van der Waals surface area contributed by atoms with Gasteiger partial charge in [-0.3, -0.25) is 0 Å². The summed E-state index contributed by atoms with van der Waals surface area (Å²) in [5, 5.41) is 10.1. The fourth-order valence-corrected chi connectivity index (χ4v) is 2.63. The van der Waals surface area contributed by atoms with Crippen LogP contribution in [0.15, 0.2) is 12.7 Å². The number of nitrogens with zero attached hydrogens (tertiary/aromatic N) is 2. The minimum Gasteiger partial charge on any atom is -0.393 e. The van der Waals surface area contributed by atoms with Crippen LogP contribution >= 0.6 is 0 Å². The smallest absolute Gasteiger partial charge is 0.0555 e. The van der Waals surface area contributed by atoms with Gasteiger partial charge in [-0.25, -0.2) is 0 Å². The molecule has 0 radical (unpaired) electrons. The third-order valence-corrected chi connectivity index (χ3v) is 3.97. The Kier molecular flexibility index (Phi) is 7.56. The maximum absolute atomic E-state index is 10.1. The van der Waals surface area contributed by atoms with Crippen molar-refractivity contribution in [2.24, 2.45) is 0 Å². The van der Waals surface area contributed by atoms with Crippen LogP contribution in [0, 0.1) is 0 Å². The zero-order valence-corrected chi connectivity index (χ0v) is 12.1. The summed E-state index contributed by atoms with van der Waals surface area (Å²) in [4.78, 5) is 4.75. The van der Waals surface area contributed by atoms with E-state index in [4.69, 9.17) is 0 Å². The SMILES string of the molecule is C=CCCCCCC(O)CC1CN(C)CCN1C. The van der Waals surface area contributed by atoms with Crippen molar-refractivity contribution in [1.29, 1.82) is 0 Å². The van der Waals surface area contributed by atoms with Crippen LogP contribution in [0.5, 0.6) is 0 Å². The first-order valence-corrected chi connectivity index (χ1v) is 7.31. The van der Waals surface area contributed by atoms with Gasteiger partial charge in [0.05, 0.1) is 6.10 Å². The molecule has 0 spiro atoms. The Bertz CT molecular complexity index is 233. The van der Waals surface area contributed by atoms with Crippen LogP contribution in [-0.4, -0.2) is 60.8 Å². The van der Waals surface area contributed by atoms with E-state index in [1.165, 1.54) is 12.8 Å². The lowest BCUT2D eigenvalue weighted by atomic mass is 10.0. The van der Waals surface area contributed by atoms with Crippen molar-refractivity contribution in [2.45, 2.75) is 50.7 Å². The van der Waals surface area contributed by atoms with E-state index in [-0.39, 0.29) is 6.10 Å². The maximum atomic E-state index is 10.1. The van der Waals surface area contributed by atoms with E-state index in [0.717, 1.165) is 45.3 Å². The molecule has 0 aromatic carbocycles. The molecule has 106 valence electrons. The number of unbranched alkanes of at least 4 members (excludes halogenated alkanes) is 3. The van der Waals surface area contributed by atoms with Crippen molar-refractivity contribution in [2.75, 3.05) is 33.7 Å². The van der Waals surface area contributed by atoms with E-state index < -0.39 is 0 Å². The molecule has 1 heterocycles. The number of likely N-dealkylation sites (N-methyl/N-ethyl adjacent to an activating group) is 2. The molecule has 0 bridgehead atoms. The average molecular weight is 254 g/mol. The fraction of sp³-hybridized carbons (Fsp3) is 0.867. The van der Waals surface area contributed by atoms with Crippen LogP contribution in [0.25, 0.3) is 0 Å². The molecular weight excluding hydrogens is 224 g/mol. The van der Waals surface area contributed by atoms with Gasteiger partial charge in [0.25, 0.3) is 0 Å². The molecule has 3 nitrogen and oxygen atoms in total. The molecular formula is C15H30N2O. The number of rotatable bonds is 8. The van der Waals surface area contributed by atoms with E-state index in [0.29, 0.717) is 6.04 Å². The summed E-state index contributed by atoms with van der Waals surface area (Å²) >= 11 is 0. The molecule has 0 saturated carbocycles. The molecule has 1 aliphatic heterocycles. The van der Waals surface area contributed by atoms with E-state index in [1.807, 2.05) is 6.08 Å². The predicted molar refractivity (Wildman–Crippen MR) is 77.8 cm³/mol. The summed E-state index contributed by atoms with van der Waals surface area (Å²) < 4.78 is 0. The quantitative estimate of drug-likeness (QED) is 0.531. The molecule has 0 aromatic heterocycles. The van der Waals surface area contributed by atoms with Gasteiger partial charge in [-0.1, -0.05) is 18.9 Å². The number of piperazine rings is 1. The molecule has 2 unspecified atom stereocenters. The van der Waals surface area contributed by atoms with E-state index in [1.54, 1.807) is 0 Å². The second kappa shape index (κ2) is 8.68. The first-order chi connectivity index (χ1) is 8.63. The highest BCUT2D eigenvalue weighted by Crippen LogP contribution is 2.15. The van der Waals surface area contributed by atoms with Crippen molar-refractivity contribution in [3.63, 3.8) is 0 Å². The molecule has 1 fully saturated rings. The van der Waals surface area contributed by atoms with Gasteiger partial charge in [0.15, 0.2) is 0 Å². The Labute approximate surface area is 112 Å². The van der Waals surface area contributed by atoms with Crippen LogP contribution in [-0.2, 0) is 0 Å². The van der Waals surface area contributed by atoms with Crippen LogP contribution in [0.4, 0.5) is 0 Å². The molecule has 1 rings (SSSR count). The highest BCUT2D eigenvalue weighted by atomic mass is 16.3. The third-order valence-electron chi connectivity index (χ3n) is 3.97. The summed E-state index contributed by atoms with van der Waals surface area (Å²) in [6, 6.07) is 0.520. The number of allylic oxidation sites excluding steroid dienone is 1. The summed E-state index contributed by atoms with van der Waals surface area (Å²) in [6.07, 6.45) is 8.38. The van der Waals surface area contributed by atoms with Gasteiger partial charge in [0.1, 0.15) is 0 Å². The van der Waals surface area contributed by atoms with Crippen molar-refractivity contribution < 1.29 is 5.11 Å². The molecule has 0 amide bonds. The van der Waals surface area contributed by atoms with Crippen LogP contribution in [0.2, 0.25) is 0 Å². The van der Waals surface area contributed by atoms with Gasteiger partial charge in [0, 0.05) is 25.7 Å². The van der Waals surface area contributed by atoms with E-state index in [2.05, 4.69) is 30.5 Å². The second-order valence-corrected chi connectivity index (χ2v) is 5.71. The van der Waals surface area contributed by atoms with Gasteiger partial charge in [0.2, 0.25) is 0 Å². The Hall–Kier alpha value is -0.380. The minimum atomic E-state index is -0.132. The number of hydrogen-bond acceptors (Lipinski definition) is 3. The minimum absolute atomic E-state index is 0.132. The first-order valence-electron chi connectivity index (χ1n) is 7.31. The number of hydrogen-bond donors (Lipinski definition) is 1. The predicted octanol–water partition coefficient (Wildman–Crippen LogP) is 2.12. The molecule has 18 heavy (non-hydrogen) atoms. The highest BCUT2D eigenvalue weighted by molar-refractivity contribution is 4.80. The van der Waals surface area contributed by atoms with Crippen molar-refractivity contribution in [3.05, 3.63) is 12.7 Å². The standard InChI is InChI=1S/C15H30N2O/c1-4-5-6-7-8-9-15(18)12-14-13-16(2)10-11-17(14)3/h4,14-15,18H,1,5-13H2,2-3H3. The topological polar surface area (TPSA) is 26.7 Å². The maximum Gasteiger partial charge on any atom is 0.0555 e. The molecule has 1 N–H and O–H groups in total. The molecule has 2 atom stereocenters. The molecule has 0 aliphatic carbocycles. The first kappa shape index (κ1) is 15.7. The van der Waals surface area contributed by atoms with Crippen molar-refractivity contribution in [3.8, 4) is 0 Å². The molecule has 3 heteroatoms. The average Bonchev–Trinajstić information content (AvgIpc) is 2.33. The lowest BCUT2D eigenvalue weighted by molar-refractivity contribution is 0.0594. The Morgan fingerprint density at radius 2 is 2.06 bits per heavy atom. The van der Waals surface area contributed by atoms with Crippen LogP contribution in [0.3, 0.4) is 0 Å². The van der Waals surface area contributed by atoms with Gasteiger partial charge in [-0.05, 0) is 39.8 Å². The van der Waals surface area contributed by atoms with Crippen LogP contribution in [0.1, 0.15) is 38.5 Å². The number of aliphatic hydroxyl groups is 1. The van der Waals surface area contributed by atoms with Crippen molar-refractivity contribution >= 4 is 0 Å². The lowest BCUT2D eigenvalue weighted by Gasteiger charge is -2.38. The van der Waals surface area contributed by atoms with Crippen LogP contribution < -0.4 is 0 Å². The molecule has 1 saturated heterocycles. The largest absolute Gasteiger partial charge is 0.393 e. The van der Waals surface area contributed by atoms with Gasteiger partial charge < -0.3 is 14.9 Å². The Morgan fingerprint density at radius 1 is 1.28 bits per heavy atom. The summed E-state index contributed by atoms with van der Waals surface area (Å²) in [6.45, 7) is 7.08. The zero-order chi connectivity index (χ0) is 13.4. The lowest BCUT2D eigenvalue weighted by Crippen LogP contribution is -2.50. The number of aliphatic hydroxyl groups excluding tert-OH is 1.